The Kier molecular flexibility index (Phi) is 8.13. The molecule has 156 valence electrons. The van der Waals surface area contributed by atoms with Crippen molar-refractivity contribution in [2.24, 2.45) is 5.92 Å². The van der Waals surface area contributed by atoms with Gasteiger partial charge in [-0.3, -0.25) is 9.69 Å². The van der Waals surface area contributed by atoms with E-state index in [2.05, 4.69) is 4.90 Å². The van der Waals surface area contributed by atoms with Crippen LogP contribution in [-0.2, 0) is 16.1 Å². The molecule has 0 aromatic heterocycles. The van der Waals surface area contributed by atoms with Crippen molar-refractivity contribution in [1.29, 1.82) is 0 Å². The van der Waals surface area contributed by atoms with Crippen LogP contribution in [0.3, 0.4) is 0 Å². The second-order valence-electron chi connectivity index (χ2n) is 7.94. The molecule has 1 aliphatic carbocycles. The SMILES string of the molecule is COc1ccccc1COCC(O)CN1CCN(C(=O)C2CCCCC2)CC1. The fourth-order valence-corrected chi connectivity index (χ4v) is 4.24. The van der Waals surface area contributed by atoms with Crippen LogP contribution in [-0.4, -0.2) is 73.4 Å². The first-order chi connectivity index (χ1) is 13.7. The Hall–Kier alpha value is -1.63. The zero-order valence-corrected chi connectivity index (χ0v) is 17.0. The first kappa shape index (κ1) is 21.1. The lowest BCUT2D eigenvalue weighted by Gasteiger charge is -2.37. The van der Waals surface area contributed by atoms with Gasteiger partial charge in [0.25, 0.3) is 0 Å². The summed E-state index contributed by atoms with van der Waals surface area (Å²) in [6.07, 6.45) is 5.24. The van der Waals surface area contributed by atoms with E-state index >= 15 is 0 Å². The molecule has 1 unspecified atom stereocenters. The summed E-state index contributed by atoms with van der Waals surface area (Å²) in [4.78, 5) is 16.9. The van der Waals surface area contributed by atoms with Gasteiger partial charge in [0.1, 0.15) is 5.75 Å². The van der Waals surface area contributed by atoms with Gasteiger partial charge in [-0.2, -0.15) is 0 Å². The molecule has 6 nitrogen and oxygen atoms in total. The van der Waals surface area contributed by atoms with Gasteiger partial charge < -0.3 is 19.5 Å². The molecule has 2 fully saturated rings. The van der Waals surface area contributed by atoms with E-state index in [1.54, 1.807) is 7.11 Å². The van der Waals surface area contributed by atoms with E-state index in [0.29, 0.717) is 25.7 Å². The molecule has 0 spiro atoms. The molecule has 1 saturated heterocycles. The van der Waals surface area contributed by atoms with Crippen LogP contribution >= 0.6 is 0 Å². The van der Waals surface area contributed by atoms with Crippen molar-refractivity contribution >= 4 is 5.91 Å². The first-order valence-corrected chi connectivity index (χ1v) is 10.6. The monoisotopic (exact) mass is 390 g/mol. The van der Waals surface area contributed by atoms with E-state index in [1.807, 2.05) is 29.2 Å². The fraction of sp³-hybridized carbons (Fsp3) is 0.682. The van der Waals surface area contributed by atoms with Crippen LogP contribution in [0, 0.1) is 5.92 Å². The van der Waals surface area contributed by atoms with E-state index in [1.165, 1.54) is 19.3 Å². The molecule has 1 aromatic carbocycles. The van der Waals surface area contributed by atoms with E-state index < -0.39 is 6.10 Å². The average molecular weight is 391 g/mol. The highest BCUT2D eigenvalue weighted by Crippen LogP contribution is 2.26. The zero-order valence-electron chi connectivity index (χ0n) is 17.0. The van der Waals surface area contributed by atoms with Gasteiger partial charge in [0.05, 0.1) is 26.4 Å². The fourth-order valence-electron chi connectivity index (χ4n) is 4.24. The summed E-state index contributed by atoms with van der Waals surface area (Å²) in [5, 5.41) is 10.3. The largest absolute Gasteiger partial charge is 0.496 e. The minimum absolute atomic E-state index is 0.245. The summed E-state index contributed by atoms with van der Waals surface area (Å²) in [5.41, 5.74) is 0.979. The third kappa shape index (κ3) is 5.93. The molecule has 2 aliphatic rings. The molecule has 1 amide bonds. The summed E-state index contributed by atoms with van der Waals surface area (Å²) in [6, 6.07) is 7.75. The predicted molar refractivity (Wildman–Crippen MR) is 108 cm³/mol. The molecule has 1 heterocycles. The van der Waals surface area contributed by atoms with E-state index in [9.17, 15) is 9.90 Å². The lowest BCUT2D eigenvalue weighted by Crippen LogP contribution is -2.52. The van der Waals surface area contributed by atoms with Gasteiger partial charge in [-0.1, -0.05) is 37.5 Å². The number of nitrogens with zero attached hydrogens (tertiary/aromatic N) is 2. The molecule has 0 radical (unpaired) electrons. The van der Waals surface area contributed by atoms with Crippen LogP contribution < -0.4 is 4.74 Å². The van der Waals surface area contributed by atoms with Crippen LogP contribution in [0.4, 0.5) is 0 Å². The van der Waals surface area contributed by atoms with Crippen molar-refractivity contribution in [3.8, 4) is 5.75 Å². The van der Waals surface area contributed by atoms with Crippen molar-refractivity contribution < 1.29 is 19.4 Å². The zero-order chi connectivity index (χ0) is 19.8. The van der Waals surface area contributed by atoms with Crippen molar-refractivity contribution in [2.75, 3.05) is 46.4 Å². The molecule has 3 rings (SSSR count). The number of aliphatic hydroxyl groups excluding tert-OH is 1. The average Bonchev–Trinajstić information content (AvgIpc) is 2.75. The second-order valence-corrected chi connectivity index (χ2v) is 7.94. The van der Waals surface area contributed by atoms with Crippen LogP contribution in [0.25, 0.3) is 0 Å². The molecule has 28 heavy (non-hydrogen) atoms. The number of ether oxygens (including phenoxy) is 2. The first-order valence-electron chi connectivity index (χ1n) is 10.6. The Labute approximate surface area is 168 Å². The Bertz CT molecular complexity index is 610. The maximum atomic E-state index is 12.6. The van der Waals surface area contributed by atoms with Crippen LogP contribution in [0.1, 0.15) is 37.7 Å². The van der Waals surface area contributed by atoms with Crippen molar-refractivity contribution in [3.63, 3.8) is 0 Å². The highest BCUT2D eigenvalue weighted by molar-refractivity contribution is 5.79. The number of hydrogen-bond donors (Lipinski definition) is 1. The van der Waals surface area contributed by atoms with E-state index in [4.69, 9.17) is 9.47 Å². The topological polar surface area (TPSA) is 62.2 Å². The molecule has 6 heteroatoms. The Morgan fingerprint density at radius 1 is 1.14 bits per heavy atom. The minimum atomic E-state index is -0.532. The number of aliphatic hydroxyl groups is 1. The molecule has 1 atom stereocenters. The number of rotatable bonds is 8. The maximum absolute atomic E-state index is 12.6. The maximum Gasteiger partial charge on any atom is 0.225 e. The van der Waals surface area contributed by atoms with Crippen LogP contribution in [0.15, 0.2) is 24.3 Å². The summed E-state index contributed by atoms with van der Waals surface area (Å²) < 4.78 is 11.0. The predicted octanol–water partition coefficient (Wildman–Crippen LogP) is 2.30. The van der Waals surface area contributed by atoms with Crippen LogP contribution in [0.5, 0.6) is 5.75 Å². The van der Waals surface area contributed by atoms with Crippen molar-refractivity contribution in [3.05, 3.63) is 29.8 Å². The molecule has 1 aromatic rings. The number of piperazine rings is 1. The molecule has 1 N–H and O–H groups in total. The highest BCUT2D eigenvalue weighted by Gasteiger charge is 2.28. The van der Waals surface area contributed by atoms with Gasteiger partial charge in [0.2, 0.25) is 5.91 Å². The number of amides is 1. The molecule has 0 bridgehead atoms. The third-order valence-corrected chi connectivity index (χ3v) is 5.87. The van der Waals surface area contributed by atoms with Gasteiger partial charge in [-0.15, -0.1) is 0 Å². The van der Waals surface area contributed by atoms with Gasteiger partial charge in [0, 0.05) is 44.2 Å². The van der Waals surface area contributed by atoms with E-state index in [0.717, 1.165) is 50.3 Å². The quantitative estimate of drug-likeness (QED) is 0.738. The van der Waals surface area contributed by atoms with E-state index in [-0.39, 0.29) is 5.92 Å². The van der Waals surface area contributed by atoms with Crippen molar-refractivity contribution in [2.45, 2.75) is 44.8 Å². The minimum Gasteiger partial charge on any atom is -0.496 e. The number of benzene rings is 1. The Balaban J connectivity index is 1.34. The molecule has 1 saturated carbocycles. The van der Waals surface area contributed by atoms with Crippen molar-refractivity contribution in [1.82, 2.24) is 9.80 Å². The van der Waals surface area contributed by atoms with Gasteiger partial charge >= 0.3 is 0 Å². The number of para-hydroxylation sites is 1. The number of hydrogen-bond acceptors (Lipinski definition) is 5. The smallest absolute Gasteiger partial charge is 0.225 e. The third-order valence-electron chi connectivity index (χ3n) is 5.87. The normalized spacial score (nSPS) is 20.1. The number of methoxy groups -OCH3 is 1. The molecule has 1 aliphatic heterocycles. The van der Waals surface area contributed by atoms with Gasteiger partial charge in [0.15, 0.2) is 0 Å². The Morgan fingerprint density at radius 3 is 2.57 bits per heavy atom. The lowest BCUT2D eigenvalue weighted by atomic mass is 9.88. The highest BCUT2D eigenvalue weighted by atomic mass is 16.5. The number of β-amino-alcohol motifs (C(OH)–C–C–N with tert-alkyl or cyclic N) is 1. The second kappa shape index (κ2) is 10.8. The van der Waals surface area contributed by atoms with Crippen LogP contribution in [0.2, 0.25) is 0 Å². The summed E-state index contributed by atoms with van der Waals surface area (Å²) in [5.74, 6) is 1.39. The van der Waals surface area contributed by atoms with Gasteiger partial charge in [-0.25, -0.2) is 0 Å². The molecular weight excluding hydrogens is 356 g/mol. The lowest BCUT2D eigenvalue weighted by molar-refractivity contribution is -0.138. The number of carbonyl (C=O) groups excluding carboxylic acids is 1. The summed E-state index contributed by atoms with van der Waals surface area (Å²) in [6.45, 7) is 4.47. The Morgan fingerprint density at radius 2 is 1.86 bits per heavy atom. The summed E-state index contributed by atoms with van der Waals surface area (Å²) in [7, 11) is 1.65. The summed E-state index contributed by atoms with van der Waals surface area (Å²) >= 11 is 0. The van der Waals surface area contributed by atoms with Gasteiger partial charge in [-0.05, 0) is 18.9 Å². The molecular formula is C22H34N2O4. The number of carbonyl (C=O) groups is 1. The standard InChI is InChI=1S/C22H34N2O4/c1-27-21-10-6-5-9-19(21)16-28-17-20(25)15-23-11-13-24(14-12-23)22(26)18-7-3-2-4-8-18/h5-6,9-10,18,20,25H,2-4,7-8,11-17H2,1H3.